The smallest absolute Gasteiger partial charge is 0.322 e. The minimum atomic E-state index is -0.833. The Kier molecular flexibility index (Phi) is 4.12. The number of anilines is 1. The van der Waals surface area contributed by atoms with Gasteiger partial charge in [-0.2, -0.15) is 0 Å². The van der Waals surface area contributed by atoms with Crippen LogP contribution in [-0.4, -0.2) is 37.8 Å². The van der Waals surface area contributed by atoms with E-state index in [4.69, 9.17) is 5.11 Å². The summed E-state index contributed by atoms with van der Waals surface area (Å²) in [4.78, 5) is 12.7. The molecule has 0 amide bonds. The third-order valence-corrected chi connectivity index (χ3v) is 2.30. The number of carboxylic acids is 1. The van der Waals surface area contributed by atoms with Crippen LogP contribution in [0.2, 0.25) is 0 Å². The van der Waals surface area contributed by atoms with Gasteiger partial charge in [0.2, 0.25) is 0 Å². The summed E-state index contributed by atoms with van der Waals surface area (Å²) in [6, 6.07) is 9.16. The van der Waals surface area contributed by atoms with Gasteiger partial charge in [0.25, 0.3) is 0 Å². The van der Waals surface area contributed by atoms with Crippen molar-refractivity contribution in [3.63, 3.8) is 0 Å². The van der Waals surface area contributed by atoms with Crippen LogP contribution >= 0.6 is 0 Å². The van der Waals surface area contributed by atoms with E-state index < -0.39 is 12.0 Å². The van der Waals surface area contributed by atoms with Gasteiger partial charge in [0.15, 0.2) is 0 Å². The molecule has 1 aromatic rings. The second-order valence-corrected chi connectivity index (χ2v) is 3.40. The van der Waals surface area contributed by atoms with E-state index >= 15 is 0 Å². The van der Waals surface area contributed by atoms with E-state index in [1.807, 2.05) is 42.3 Å². The molecule has 15 heavy (non-hydrogen) atoms. The van der Waals surface area contributed by atoms with Crippen molar-refractivity contribution < 1.29 is 9.90 Å². The molecule has 4 nitrogen and oxygen atoms in total. The number of likely N-dealkylation sites (N-methyl/N-ethyl adjacent to an activating group) is 2. The van der Waals surface area contributed by atoms with Crippen LogP contribution in [0.5, 0.6) is 0 Å². The molecule has 0 fully saturated rings. The molecule has 82 valence electrons. The Labute approximate surface area is 89.5 Å². The highest BCUT2D eigenvalue weighted by Crippen LogP contribution is 2.10. The predicted octanol–water partition coefficient (Wildman–Crippen LogP) is 0.795. The third-order valence-electron chi connectivity index (χ3n) is 2.30. The fourth-order valence-corrected chi connectivity index (χ4v) is 1.35. The van der Waals surface area contributed by atoms with Crippen LogP contribution in [0.4, 0.5) is 5.69 Å². The number of rotatable bonds is 5. The second-order valence-electron chi connectivity index (χ2n) is 3.40. The number of para-hydroxylation sites is 1. The Morgan fingerprint density at radius 1 is 1.47 bits per heavy atom. The number of benzene rings is 1. The number of nitrogens with zero attached hydrogens (tertiary/aromatic N) is 1. The van der Waals surface area contributed by atoms with Crippen LogP contribution < -0.4 is 10.2 Å². The van der Waals surface area contributed by atoms with Crippen LogP contribution in [0.1, 0.15) is 0 Å². The quantitative estimate of drug-likeness (QED) is 0.751. The Balaban J connectivity index is 2.62. The van der Waals surface area contributed by atoms with E-state index in [-0.39, 0.29) is 0 Å². The summed E-state index contributed by atoms with van der Waals surface area (Å²) in [7, 11) is 3.53. The van der Waals surface area contributed by atoms with Gasteiger partial charge in [0, 0.05) is 19.3 Å². The Morgan fingerprint density at radius 3 is 2.53 bits per heavy atom. The molecule has 0 bridgehead atoms. The number of aliphatic carboxylic acids is 1. The maximum absolute atomic E-state index is 10.8. The zero-order valence-electron chi connectivity index (χ0n) is 8.97. The van der Waals surface area contributed by atoms with Crippen LogP contribution in [0, 0.1) is 0 Å². The number of carbonyl (C=O) groups is 1. The fraction of sp³-hybridized carbons (Fsp3) is 0.364. The van der Waals surface area contributed by atoms with E-state index in [1.165, 1.54) is 0 Å². The van der Waals surface area contributed by atoms with Gasteiger partial charge in [0.05, 0.1) is 0 Å². The summed E-state index contributed by atoms with van der Waals surface area (Å²) >= 11 is 0. The highest BCUT2D eigenvalue weighted by atomic mass is 16.4. The molecule has 1 atom stereocenters. The van der Waals surface area contributed by atoms with Gasteiger partial charge in [-0.1, -0.05) is 18.2 Å². The molecule has 0 spiro atoms. The largest absolute Gasteiger partial charge is 0.480 e. The maximum Gasteiger partial charge on any atom is 0.322 e. The van der Waals surface area contributed by atoms with Gasteiger partial charge in [-0.05, 0) is 19.2 Å². The minimum absolute atomic E-state index is 0.440. The normalized spacial score (nSPS) is 12.1. The molecule has 0 aromatic heterocycles. The highest BCUT2D eigenvalue weighted by Gasteiger charge is 2.16. The van der Waals surface area contributed by atoms with Gasteiger partial charge in [-0.15, -0.1) is 0 Å². The van der Waals surface area contributed by atoms with Crippen LogP contribution in [0.3, 0.4) is 0 Å². The van der Waals surface area contributed by atoms with Crippen molar-refractivity contribution in [2.45, 2.75) is 6.04 Å². The average Bonchev–Trinajstić information content (AvgIpc) is 2.26. The molecule has 4 heteroatoms. The first-order valence-electron chi connectivity index (χ1n) is 4.81. The summed E-state index contributed by atoms with van der Waals surface area (Å²) in [6.07, 6.45) is 0. The Hall–Kier alpha value is -1.55. The molecule has 0 saturated carbocycles. The number of nitrogens with one attached hydrogen (secondary N) is 1. The molecule has 2 N–H and O–H groups in total. The lowest BCUT2D eigenvalue weighted by Gasteiger charge is -2.22. The van der Waals surface area contributed by atoms with Gasteiger partial charge in [0.1, 0.15) is 6.04 Å². The topological polar surface area (TPSA) is 52.6 Å². The summed E-state index contributed by atoms with van der Waals surface area (Å²) in [5, 5.41) is 11.6. The van der Waals surface area contributed by atoms with Crippen LogP contribution in [0.25, 0.3) is 0 Å². The number of hydrogen-bond acceptors (Lipinski definition) is 3. The van der Waals surface area contributed by atoms with E-state index in [0.717, 1.165) is 5.69 Å². The monoisotopic (exact) mass is 208 g/mol. The van der Waals surface area contributed by atoms with Crippen molar-refractivity contribution in [2.24, 2.45) is 0 Å². The lowest BCUT2D eigenvalue weighted by atomic mass is 10.2. The standard InChI is InChI=1S/C11H16N2O2/c1-12-10(11(14)15)8-13(2)9-6-4-3-5-7-9/h3-7,10,12H,8H2,1-2H3,(H,14,15). The lowest BCUT2D eigenvalue weighted by molar-refractivity contribution is -0.139. The lowest BCUT2D eigenvalue weighted by Crippen LogP contribution is -2.43. The highest BCUT2D eigenvalue weighted by molar-refractivity contribution is 5.74. The first-order valence-corrected chi connectivity index (χ1v) is 4.81. The van der Waals surface area contributed by atoms with Crippen LogP contribution in [0.15, 0.2) is 30.3 Å². The zero-order valence-corrected chi connectivity index (χ0v) is 8.97. The fourth-order valence-electron chi connectivity index (χ4n) is 1.35. The maximum atomic E-state index is 10.8. The van der Waals surface area contributed by atoms with Crippen molar-refractivity contribution in [1.29, 1.82) is 0 Å². The van der Waals surface area contributed by atoms with Crippen molar-refractivity contribution in [3.8, 4) is 0 Å². The first-order chi connectivity index (χ1) is 7.15. The van der Waals surface area contributed by atoms with Crippen molar-refractivity contribution in [2.75, 3.05) is 25.5 Å². The average molecular weight is 208 g/mol. The predicted molar refractivity (Wildman–Crippen MR) is 60.2 cm³/mol. The minimum Gasteiger partial charge on any atom is -0.480 e. The summed E-state index contributed by atoms with van der Waals surface area (Å²) in [5.74, 6) is -0.833. The number of carboxylic acid groups (broad SMARTS) is 1. The molecule has 0 aliphatic heterocycles. The Bertz CT molecular complexity index is 314. The number of hydrogen-bond donors (Lipinski definition) is 2. The molecule has 0 heterocycles. The summed E-state index contributed by atoms with van der Waals surface area (Å²) in [6.45, 7) is 0.440. The van der Waals surface area contributed by atoms with Gasteiger partial charge in [-0.3, -0.25) is 4.79 Å². The van der Waals surface area contributed by atoms with Gasteiger partial charge < -0.3 is 15.3 Å². The summed E-state index contributed by atoms with van der Waals surface area (Å²) in [5.41, 5.74) is 1.01. The molecule has 0 aliphatic carbocycles. The van der Waals surface area contributed by atoms with Crippen molar-refractivity contribution >= 4 is 11.7 Å². The van der Waals surface area contributed by atoms with E-state index in [1.54, 1.807) is 7.05 Å². The Morgan fingerprint density at radius 2 is 2.07 bits per heavy atom. The second kappa shape index (κ2) is 5.36. The van der Waals surface area contributed by atoms with E-state index in [9.17, 15) is 4.79 Å². The van der Waals surface area contributed by atoms with Crippen LogP contribution in [-0.2, 0) is 4.79 Å². The van der Waals surface area contributed by atoms with Gasteiger partial charge in [-0.25, -0.2) is 0 Å². The van der Waals surface area contributed by atoms with E-state index in [2.05, 4.69) is 5.32 Å². The molecular formula is C11H16N2O2. The van der Waals surface area contributed by atoms with Gasteiger partial charge >= 0.3 is 5.97 Å². The molecule has 0 saturated heterocycles. The molecule has 0 radical (unpaired) electrons. The van der Waals surface area contributed by atoms with E-state index in [0.29, 0.717) is 6.54 Å². The summed E-state index contributed by atoms with van der Waals surface area (Å²) < 4.78 is 0. The molecule has 1 aromatic carbocycles. The van der Waals surface area contributed by atoms with Crippen molar-refractivity contribution in [1.82, 2.24) is 5.32 Å². The first kappa shape index (κ1) is 11.5. The molecule has 1 rings (SSSR count). The molecule has 1 unspecified atom stereocenters. The van der Waals surface area contributed by atoms with Crippen molar-refractivity contribution in [3.05, 3.63) is 30.3 Å². The molecule has 0 aliphatic rings. The zero-order chi connectivity index (χ0) is 11.3. The molecular weight excluding hydrogens is 192 g/mol. The third kappa shape index (κ3) is 3.25. The SMILES string of the molecule is CNC(CN(C)c1ccccc1)C(=O)O.